The van der Waals surface area contributed by atoms with Gasteiger partial charge in [0.15, 0.2) is 0 Å². The van der Waals surface area contributed by atoms with E-state index in [1.54, 1.807) is 11.1 Å². The standard InChI is InChI=1S/C18H28O/c1-11-5-7-15(8-6-11)18-17-13(3)9-12(2)16(10-19-18)14(17)4/h5,9,12,14-18H,6-8,10H2,1-4H3/t12-,14-,15+,16-,17+,18+/m1/s1. The summed E-state index contributed by atoms with van der Waals surface area (Å²) in [5.74, 6) is 3.65. The Morgan fingerprint density at radius 3 is 2.68 bits per heavy atom. The molecule has 0 saturated carbocycles. The molecule has 2 bridgehead atoms. The summed E-state index contributed by atoms with van der Waals surface area (Å²) in [6.45, 7) is 10.4. The molecule has 0 unspecified atom stereocenters. The minimum absolute atomic E-state index is 0.472. The van der Waals surface area contributed by atoms with Gasteiger partial charge in [-0.2, -0.15) is 0 Å². The van der Waals surface area contributed by atoms with Crippen LogP contribution in [0.1, 0.15) is 47.0 Å². The van der Waals surface area contributed by atoms with Gasteiger partial charge in [0, 0.05) is 5.92 Å². The highest BCUT2D eigenvalue weighted by molar-refractivity contribution is 5.18. The molecule has 3 aliphatic rings. The third-order valence-corrected chi connectivity index (χ3v) is 5.95. The van der Waals surface area contributed by atoms with E-state index in [4.69, 9.17) is 4.74 Å². The first-order valence-corrected chi connectivity index (χ1v) is 8.03. The fourth-order valence-electron chi connectivity index (χ4n) is 4.71. The third-order valence-electron chi connectivity index (χ3n) is 5.95. The van der Waals surface area contributed by atoms with E-state index >= 15 is 0 Å². The van der Waals surface area contributed by atoms with Crippen LogP contribution in [0.4, 0.5) is 0 Å². The highest BCUT2D eigenvalue weighted by Crippen LogP contribution is 2.47. The summed E-state index contributed by atoms with van der Waals surface area (Å²) in [4.78, 5) is 0. The predicted octanol–water partition coefficient (Wildman–Crippen LogP) is 4.60. The molecule has 1 aliphatic heterocycles. The topological polar surface area (TPSA) is 9.23 Å². The quantitative estimate of drug-likeness (QED) is 0.626. The van der Waals surface area contributed by atoms with E-state index in [2.05, 4.69) is 39.8 Å². The molecule has 1 saturated heterocycles. The lowest BCUT2D eigenvalue weighted by atomic mass is 9.63. The summed E-state index contributed by atoms with van der Waals surface area (Å²) < 4.78 is 6.36. The number of hydrogen-bond donors (Lipinski definition) is 0. The van der Waals surface area contributed by atoms with Crippen molar-refractivity contribution >= 4 is 0 Å². The van der Waals surface area contributed by atoms with E-state index in [9.17, 15) is 0 Å². The van der Waals surface area contributed by atoms with Crippen molar-refractivity contribution in [3.8, 4) is 0 Å². The van der Waals surface area contributed by atoms with Crippen LogP contribution >= 0.6 is 0 Å². The molecule has 2 aliphatic carbocycles. The molecule has 6 atom stereocenters. The monoisotopic (exact) mass is 260 g/mol. The van der Waals surface area contributed by atoms with Crippen LogP contribution in [-0.2, 0) is 4.74 Å². The van der Waals surface area contributed by atoms with Crippen LogP contribution in [0.3, 0.4) is 0 Å². The van der Waals surface area contributed by atoms with Crippen molar-refractivity contribution in [2.24, 2.45) is 29.6 Å². The van der Waals surface area contributed by atoms with Gasteiger partial charge in [-0.15, -0.1) is 0 Å². The summed E-state index contributed by atoms with van der Waals surface area (Å²) in [5.41, 5.74) is 3.16. The minimum Gasteiger partial charge on any atom is -0.377 e. The lowest BCUT2D eigenvalue weighted by molar-refractivity contribution is -0.117. The molecule has 0 N–H and O–H groups in total. The van der Waals surface area contributed by atoms with Crippen molar-refractivity contribution in [2.45, 2.75) is 53.1 Å². The summed E-state index contributed by atoms with van der Waals surface area (Å²) in [6, 6.07) is 0. The lowest BCUT2D eigenvalue weighted by Crippen LogP contribution is -2.49. The number of allylic oxidation sites excluding steroid dienone is 3. The van der Waals surface area contributed by atoms with Crippen LogP contribution in [0.2, 0.25) is 0 Å². The maximum atomic E-state index is 6.36. The molecule has 0 aromatic rings. The molecule has 0 amide bonds. The number of rotatable bonds is 1. The molecule has 1 heteroatoms. The SMILES string of the molecule is CC1=CC[C@H]([C@@H]2OC[C@H]3[C@@H](C)[C@@H]2C(C)=C[C@H]3C)CC1. The molecular formula is C18H28O. The van der Waals surface area contributed by atoms with Crippen LogP contribution in [0.15, 0.2) is 23.3 Å². The molecular weight excluding hydrogens is 232 g/mol. The van der Waals surface area contributed by atoms with Gasteiger partial charge in [-0.05, 0) is 56.8 Å². The van der Waals surface area contributed by atoms with Crippen LogP contribution < -0.4 is 0 Å². The summed E-state index contributed by atoms with van der Waals surface area (Å²) in [5, 5.41) is 0. The molecule has 1 heterocycles. The van der Waals surface area contributed by atoms with Gasteiger partial charge in [0.1, 0.15) is 0 Å². The Bertz CT molecular complexity index is 406. The second-order valence-electron chi connectivity index (χ2n) is 7.20. The van der Waals surface area contributed by atoms with Gasteiger partial charge < -0.3 is 4.74 Å². The maximum Gasteiger partial charge on any atom is 0.0674 e. The van der Waals surface area contributed by atoms with E-state index in [1.807, 2.05) is 0 Å². The second kappa shape index (κ2) is 5.09. The van der Waals surface area contributed by atoms with E-state index in [0.717, 1.165) is 24.4 Å². The van der Waals surface area contributed by atoms with Crippen LogP contribution in [-0.4, -0.2) is 12.7 Å². The first-order valence-electron chi connectivity index (χ1n) is 8.03. The van der Waals surface area contributed by atoms with Gasteiger partial charge in [0.2, 0.25) is 0 Å². The average Bonchev–Trinajstić information content (AvgIpc) is 2.37. The van der Waals surface area contributed by atoms with Crippen molar-refractivity contribution < 1.29 is 4.74 Å². The van der Waals surface area contributed by atoms with Crippen LogP contribution in [0.5, 0.6) is 0 Å². The van der Waals surface area contributed by atoms with E-state index in [-0.39, 0.29) is 0 Å². The lowest BCUT2D eigenvalue weighted by Gasteiger charge is -2.50. The van der Waals surface area contributed by atoms with Gasteiger partial charge in [-0.1, -0.05) is 37.1 Å². The first-order chi connectivity index (χ1) is 9.08. The second-order valence-corrected chi connectivity index (χ2v) is 7.20. The molecule has 0 spiro atoms. The number of fused-ring (bicyclic) bond motifs is 2. The first kappa shape index (κ1) is 13.4. The Hall–Kier alpha value is -0.560. The Morgan fingerprint density at radius 1 is 1.21 bits per heavy atom. The van der Waals surface area contributed by atoms with Crippen molar-refractivity contribution in [3.63, 3.8) is 0 Å². The maximum absolute atomic E-state index is 6.36. The van der Waals surface area contributed by atoms with Gasteiger partial charge >= 0.3 is 0 Å². The zero-order chi connectivity index (χ0) is 13.6. The summed E-state index contributed by atoms with van der Waals surface area (Å²) >= 11 is 0. The molecule has 19 heavy (non-hydrogen) atoms. The Labute approximate surface area is 118 Å². The number of hydrogen-bond acceptors (Lipinski definition) is 1. The van der Waals surface area contributed by atoms with Gasteiger partial charge in [0.25, 0.3) is 0 Å². The van der Waals surface area contributed by atoms with Crippen molar-refractivity contribution in [1.82, 2.24) is 0 Å². The molecule has 1 nitrogen and oxygen atoms in total. The molecule has 106 valence electrons. The van der Waals surface area contributed by atoms with Crippen molar-refractivity contribution in [2.75, 3.05) is 6.61 Å². The zero-order valence-electron chi connectivity index (χ0n) is 12.9. The predicted molar refractivity (Wildman–Crippen MR) is 79.9 cm³/mol. The molecule has 0 aromatic heterocycles. The smallest absolute Gasteiger partial charge is 0.0674 e. The normalized spacial score (nSPS) is 46.5. The average molecular weight is 260 g/mol. The van der Waals surface area contributed by atoms with E-state index < -0.39 is 0 Å². The number of ether oxygens (including phenoxy) is 1. The fourth-order valence-corrected chi connectivity index (χ4v) is 4.71. The Balaban J connectivity index is 1.82. The molecule has 3 rings (SSSR count). The largest absolute Gasteiger partial charge is 0.377 e. The van der Waals surface area contributed by atoms with Crippen molar-refractivity contribution in [3.05, 3.63) is 23.3 Å². The highest BCUT2D eigenvalue weighted by Gasteiger charge is 2.45. The Morgan fingerprint density at radius 2 is 2.00 bits per heavy atom. The van der Waals surface area contributed by atoms with Crippen LogP contribution in [0.25, 0.3) is 0 Å². The van der Waals surface area contributed by atoms with E-state index in [0.29, 0.717) is 17.9 Å². The van der Waals surface area contributed by atoms with Crippen LogP contribution in [0, 0.1) is 29.6 Å². The fraction of sp³-hybridized carbons (Fsp3) is 0.778. The third kappa shape index (κ3) is 2.31. The van der Waals surface area contributed by atoms with E-state index in [1.165, 1.54) is 19.3 Å². The molecule has 0 aromatic carbocycles. The van der Waals surface area contributed by atoms with Gasteiger partial charge in [-0.25, -0.2) is 0 Å². The van der Waals surface area contributed by atoms with Gasteiger partial charge in [-0.3, -0.25) is 0 Å². The minimum atomic E-state index is 0.472. The van der Waals surface area contributed by atoms with Crippen molar-refractivity contribution in [1.29, 1.82) is 0 Å². The molecule has 0 radical (unpaired) electrons. The van der Waals surface area contributed by atoms with Gasteiger partial charge in [0.05, 0.1) is 12.7 Å². The zero-order valence-corrected chi connectivity index (χ0v) is 12.9. The molecule has 1 fully saturated rings. The Kier molecular flexibility index (Phi) is 3.59. The highest BCUT2D eigenvalue weighted by atomic mass is 16.5. The summed E-state index contributed by atoms with van der Waals surface area (Å²) in [7, 11) is 0. The summed E-state index contributed by atoms with van der Waals surface area (Å²) in [6.07, 6.45) is 9.26.